The van der Waals surface area contributed by atoms with E-state index in [1.807, 2.05) is 36.1 Å². The molecule has 3 heterocycles. The van der Waals surface area contributed by atoms with E-state index >= 15 is 0 Å². The van der Waals surface area contributed by atoms with Crippen molar-refractivity contribution in [2.45, 2.75) is 13.1 Å². The van der Waals surface area contributed by atoms with Crippen molar-refractivity contribution < 1.29 is 0 Å². The van der Waals surface area contributed by atoms with Gasteiger partial charge in [0.15, 0.2) is 11.1 Å². The predicted octanol–water partition coefficient (Wildman–Crippen LogP) is 3.18. The van der Waals surface area contributed by atoms with E-state index in [1.54, 1.807) is 11.3 Å². The van der Waals surface area contributed by atoms with Crippen LogP contribution < -0.4 is 10.6 Å². The van der Waals surface area contributed by atoms with Gasteiger partial charge in [-0.05, 0) is 23.3 Å². The summed E-state index contributed by atoms with van der Waals surface area (Å²) in [5.41, 5.74) is 10.8. The number of benzene rings is 2. The summed E-state index contributed by atoms with van der Waals surface area (Å²) < 4.78 is 2.17. The van der Waals surface area contributed by atoms with Gasteiger partial charge in [0.2, 0.25) is 0 Å². The number of aromatic nitrogens is 3. The van der Waals surface area contributed by atoms with Crippen LogP contribution in [0.5, 0.6) is 0 Å². The first kappa shape index (κ1) is 19.6. The van der Waals surface area contributed by atoms with E-state index < -0.39 is 0 Å². The molecule has 1 fully saturated rings. The number of nitrogens with zero attached hydrogens (tertiary/aromatic N) is 6. The average Bonchev–Trinajstić information content (AvgIpc) is 3.49. The maximum atomic E-state index is 6.27. The van der Waals surface area contributed by atoms with Gasteiger partial charge in [0, 0.05) is 44.3 Å². The summed E-state index contributed by atoms with van der Waals surface area (Å²) in [6, 6.07) is 16.8. The van der Waals surface area contributed by atoms with Gasteiger partial charge in [-0.15, -0.1) is 11.3 Å². The Morgan fingerprint density at radius 2 is 1.74 bits per heavy atom. The van der Waals surface area contributed by atoms with Crippen LogP contribution in [-0.4, -0.2) is 51.6 Å². The van der Waals surface area contributed by atoms with Crippen LogP contribution in [0.25, 0.3) is 11.0 Å². The first-order valence-corrected chi connectivity index (χ1v) is 11.3. The van der Waals surface area contributed by atoms with Crippen LogP contribution in [0, 0.1) is 0 Å². The number of nitrogens with two attached hydrogens (primary N) is 1. The van der Waals surface area contributed by atoms with Crippen molar-refractivity contribution in [2.75, 3.05) is 31.1 Å². The topological polar surface area (TPSA) is 75.6 Å². The van der Waals surface area contributed by atoms with Crippen LogP contribution in [0.3, 0.4) is 0 Å². The Morgan fingerprint density at radius 3 is 2.52 bits per heavy atom. The molecule has 0 radical (unpaired) electrons. The first-order valence-electron chi connectivity index (χ1n) is 10.4. The number of guanidine groups is 1. The van der Waals surface area contributed by atoms with E-state index in [9.17, 15) is 0 Å². The van der Waals surface area contributed by atoms with Crippen molar-refractivity contribution >= 4 is 33.5 Å². The molecule has 0 aliphatic carbocycles. The Morgan fingerprint density at radius 1 is 0.968 bits per heavy atom. The van der Waals surface area contributed by atoms with Gasteiger partial charge in [-0.2, -0.15) is 0 Å². The van der Waals surface area contributed by atoms with E-state index in [0.29, 0.717) is 12.5 Å². The molecule has 2 aromatic heterocycles. The average molecular weight is 432 g/mol. The molecule has 5 rings (SSSR count). The third-order valence-corrected chi connectivity index (χ3v) is 6.45. The summed E-state index contributed by atoms with van der Waals surface area (Å²) >= 11 is 1.68. The molecule has 0 amide bonds. The molecule has 8 heteroatoms. The molecule has 1 aliphatic heterocycles. The van der Waals surface area contributed by atoms with Crippen LogP contribution in [0.2, 0.25) is 0 Å². The zero-order valence-corrected chi connectivity index (χ0v) is 18.1. The summed E-state index contributed by atoms with van der Waals surface area (Å²) in [5.74, 6) is 0.618. The van der Waals surface area contributed by atoms with Crippen LogP contribution >= 0.6 is 11.3 Å². The summed E-state index contributed by atoms with van der Waals surface area (Å²) in [6.45, 7) is 4.96. The maximum absolute atomic E-state index is 6.27. The highest BCUT2D eigenvalue weighted by Gasteiger charge is 2.19. The predicted molar refractivity (Wildman–Crippen MR) is 127 cm³/mol. The molecule has 0 unspecified atom stereocenters. The third kappa shape index (κ3) is 4.39. The molecular formula is C23H25N7S. The molecule has 4 aromatic rings. The highest BCUT2D eigenvalue weighted by atomic mass is 32.1. The maximum Gasteiger partial charge on any atom is 0.191 e. The quantitative estimate of drug-likeness (QED) is 0.388. The molecule has 158 valence electrons. The van der Waals surface area contributed by atoms with Gasteiger partial charge in [-0.1, -0.05) is 36.4 Å². The lowest BCUT2D eigenvalue weighted by Crippen LogP contribution is -2.51. The Kier molecular flexibility index (Phi) is 5.54. The van der Waals surface area contributed by atoms with Crippen molar-refractivity contribution in [3.8, 4) is 0 Å². The number of para-hydroxylation sites is 2. The van der Waals surface area contributed by atoms with Crippen molar-refractivity contribution in [1.82, 2.24) is 19.4 Å². The summed E-state index contributed by atoms with van der Waals surface area (Å²) in [7, 11) is 0. The minimum absolute atomic E-state index is 0.590. The van der Waals surface area contributed by atoms with E-state index in [-0.39, 0.29) is 0 Å². The highest BCUT2D eigenvalue weighted by molar-refractivity contribution is 7.13. The van der Waals surface area contributed by atoms with Gasteiger partial charge in [-0.3, -0.25) is 0 Å². The molecule has 7 nitrogen and oxygen atoms in total. The van der Waals surface area contributed by atoms with Crippen molar-refractivity contribution in [3.63, 3.8) is 0 Å². The fourth-order valence-corrected chi connectivity index (χ4v) is 4.55. The highest BCUT2D eigenvalue weighted by Crippen LogP contribution is 2.19. The number of hydrogen-bond acceptors (Lipinski definition) is 5. The summed E-state index contributed by atoms with van der Waals surface area (Å²) in [6.07, 6.45) is 3.75. The number of rotatable bonds is 5. The van der Waals surface area contributed by atoms with Gasteiger partial charge in [0.1, 0.15) is 0 Å². The SMILES string of the molecule is NC(=NCc1ccc(Cn2cnc3ccccc32)cc1)N1CCN(c2nccs2)CC1. The van der Waals surface area contributed by atoms with E-state index in [1.165, 1.54) is 5.56 Å². The summed E-state index contributed by atoms with van der Waals surface area (Å²) in [5, 5.41) is 3.10. The van der Waals surface area contributed by atoms with Crippen LogP contribution in [0.15, 0.2) is 71.4 Å². The molecular weight excluding hydrogens is 406 g/mol. The second-order valence-corrected chi connectivity index (χ2v) is 8.51. The number of fused-ring (bicyclic) bond motifs is 1. The zero-order chi connectivity index (χ0) is 21.0. The number of imidazole rings is 1. The normalized spacial score (nSPS) is 15.0. The van der Waals surface area contributed by atoms with Crippen molar-refractivity contribution in [2.24, 2.45) is 10.7 Å². The molecule has 0 bridgehead atoms. The number of piperazine rings is 1. The monoisotopic (exact) mass is 431 g/mol. The second-order valence-electron chi connectivity index (χ2n) is 7.64. The van der Waals surface area contributed by atoms with E-state index in [4.69, 9.17) is 5.73 Å². The molecule has 31 heavy (non-hydrogen) atoms. The Bertz CT molecular complexity index is 1160. The number of hydrogen-bond donors (Lipinski definition) is 1. The summed E-state index contributed by atoms with van der Waals surface area (Å²) in [4.78, 5) is 17.9. The first-order chi connectivity index (χ1) is 15.3. The third-order valence-electron chi connectivity index (χ3n) is 5.62. The Hall–Kier alpha value is -3.39. The Balaban J connectivity index is 1.17. The number of aliphatic imine (C=N–C) groups is 1. The van der Waals surface area contributed by atoms with Crippen molar-refractivity contribution in [1.29, 1.82) is 0 Å². The van der Waals surface area contributed by atoms with Crippen LogP contribution in [-0.2, 0) is 13.1 Å². The van der Waals surface area contributed by atoms with E-state index in [0.717, 1.165) is 54.5 Å². The van der Waals surface area contributed by atoms with Gasteiger partial charge in [-0.25, -0.2) is 15.0 Å². The molecule has 1 saturated heterocycles. The van der Waals surface area contributed by atoms with Gasteiger partial charge in [0.25, 0.3) is 0 Å². The number of anilines is 1. The fourth-order valence-electron chi connectivity index (χ4n) is 3.85. The minimum Gasteiger partial charge on any atom is -0.370 e. The second kappa shape index (κ2) is 8.77. The molecule has 2 N–H and O–H groups in total. The molecule has 2 aromatic carbocycles. The molecule has 1 aliphatic rings. The van der Waals surface area contributed by atoms with Crippen LogP contribution in [0.4, 0.5) is 5.13 Å². The molecule has 0 spiro atoms. The van der Waals surface area contributed by atoms with E-state index in [2.05, 4.69) is 59.7 Å². The lowest BCUT2D eigenvalue weighted by molar-refractivity contribution is 0.380. The fraction of sp³-hybridized carbons (Fsp3) is 0.261. The standard InChI is InChI=1S/C23H25N7S/c24-22(28-10-12-29(13-11-28)23-25-9-14-31-23)26-15-18-5-7-19(8-6-18)16-30-17-27-20-3-1-2-4-21(20)30/h1-9,14,17H,10-13,15-16H2,(H2,24,26). The molecule has 0 atom stereocenters. The number of thiazole rings is 1. The van der Waals surface area contributed by atoms with Crippen LogP contribution in [0.1, 0.15) is 11.1 Å². The minimum atomic E-state index is 0.590. The molecule has 0 saturated carbocycles. The lowest BCUT2D eigenvalue weighted by atomic mass is 10.1. The van der Waals surface area contributed by atoms with Crippen molar-refractivity contribution in [3.05, 3.63) is 77.6 Å². The Labute approximate surface area is 185 Å². The smallest absolute Gasteiger partial charge is 0.191 e. The van der Waals surface area contributed by atoms with Gasteiger partial charge >= 0.3 is 0 Å². The largest absolute Gasteiger partial charge is 0.370 e. The van der Waals surface area contributed by atoms with Gasteiger partial charge in [0.05, 0.1) is 23.9 Å². The zero-order valence-electron chi connectivity index (χ0n) is 17.3. The lowest BCUT2D eigenvalue weighted by Gasteiger charge is -2.35. The van der Waals surface area contributed by atoms with Gasteiger partial charge < -0.3 is 20.1 Å².